The van der Waals surface area contributed by atoms with Crippen LogP contribution in [0, 0.1) is 5.92 Å². The number of nitrogens with zero attached hydrogens (tertiary/aromatic N) is 2. The number of hydrogen-bond acceptors (Lipinski definition) is 4. The average molecular weight is 325 g/mol. The minimum absolute atomic E-state index is 0.356. The molecule has 0 spiro atoms. The van der Waals surface area contributed by atoms with Gasteiger partial charge >= 0.3 is 0 Å². The van der Waals surface area contributed by atoms with Gasteiger partial charge in [0.2, 0.25) is 10.0 Å². The third-order valence-corrected chi connectivity index (χ3v) is 6.14. The van der Waals surface area contributed by atoms with Crippen LogP contribution >= 0.6 is 0 Å². The van der Waals surface area contributed by atoms with E-state index in [2.05, 4.69) is 10.2 Å². The minimum Gasteiger partial charge on any atom is -0.319 e. The topological polar surface area (TPSA) is 52.7 Å². The fraction of sp³-hybridized carbons (Fsp3) is 0.625. The van der Waals surface area contributed by atoms with Crippen molar-refractivity contribution in [2.75, 3.05) is 40.8 Å². The van der Waals surface area contributed by atoms with Gasteiger partial charge in [-0.05, 0) is 63.1 Å². The van der Waals surface area contributed by atoms with Gasteiger partial charge in [0.05, 0.1) is 4.90 Å². The maximum Gasteiger partial charge on any atom is 0.242 e. The second-order valence-electron chi connectivity index (χ2n) is 6.21. The highest BCUT2D eigenvalue weighted by molar-refractivity contribution is 7.89. The molecule has 1 aliphatic heterocycles. The molecule has 2 rings (SSSR count). The third kappa shape index (κ3) is 4.29. The monoisotopic (exact) mass is 325 g/mol. The Morgan fingerprint density at radius 2 is 1.77 bits per heavy atom. The molecule has 0 radical (unpaired) electrons. The van der Waals surface area contributed by atoms with Gasteiger partial charge in [-0.3, -0.25) is 4.90 Å². The Labute approximate surface area is 134 Å². The zero-order chi connectivity index (χ0) is 16.2. The summed E-state index contributed by atoms with van der Waals surface area (Å²) in [7, 11) is 1.79. The number of benzene rings is 1. The summed E-state index contributed by atoms with van der Waals surface area (Å²) < 4.78 is 25.3. The molecule has 1 N–H and O–H groups in total. The molecule has 1 aromatic rings. The first-order valence-corrected chi connectivity index (χ1v) is 9.26. The lowest BCUT2D eigenvalue weighted by molar-refractivity contribution is 0.177. The highest BCUT2D eigenvalue weighted by atomic mass is 32.2. The van der Waals surface area contributed by atoms with Crippen LogP contribution in [0.4, 0.5) is 0 Å². The summed E-state index contributed by atoms with van der Waals surface area (Å²) in [6.45, 7) is 4.23. The zero-order valence-corrected chi connectivity index (χ0v) is 14.6. The molecule has 0 saturated carbocycles. The van der Waals surface area contributed by atoms with Gasteiger partial charge in [0, 0.05) is 20.6 Å². The van der Waals surface area contributed by atoms with Crippen molar-refractivity contribution in [3.63, 3.8) is 0 Å². The van der Waals surface area contributed by atoms with Crippen molar-refractivity contribution in [2.45, 2.75) is 24.3 Å². The molecule has 0 aliphatic carbocycles. The SMILES string of the molecule is CNCC1CCN(Cc2ccc(S(=O)(=O)N(C)C)cc2)CC1. The summed E-state index contributed by atoms with van der Waals surface area (Å²) in [6.07, 6.45) is 2.46. The lowest BCUT2D eigenvalue weighted by Crippen LogP contribution is -2.36. The lowest BCUT2D eigenvalue weighted by Gasteiger charge is -2.31. The number of rotatable bonds is 6. The molecule has 0 amide bonds. The fourth-order valence-corrected chi connectivity index (χ4v) is 3.77. The molecule has 6 heteroatoms. The minimum atomic E-state index is -3.33. The van der Waals surface area contributed by atoms with E-state index in [9.17, 15) is 8.42 Å². The molecule has 1 fully saturated rings. The van der Waals surface area contributed by atoms with E-state index in [1.54, 1.807) is 26.2 Å². The van der Waals surface area contributed by atoms with Crippen molar-refractivity contribution in [3.8, 4) is 0 Å². The molecule has 5 nitrogen and oxygen atoms in total. The van der Waals surface area contributed by atoms with E-state index in [0.717, 1.165) is 32.1 Å². The summed E-state index contributed by atoms with van der Waals surface area (Å²) in [5.74, 6) is 0.786. The summed E-state index contributed by atoms with van der Waals surface area (Å²) in [5.41, 5.74) is 1.17. The Bertz CT molecular complexity index is 562. The Hall–Kier alpha value is -0.950. The normalized spacial score (nSPS) is 18.0. The van der Waals surface area contributed by atoms with Gasteiger partial charge in [-0.15, -0.1) is 0 Å². The lowest BCUT2D eigenvalue weighted by atomic mass is 9.96. The first-order valence-electron chi connectivity index (χ1n) is 7.82. The standard InChI is InChI=1S/C16H27N3O2S/c1-17-12-14-8-10-19(11-9-14)13-15-4-6-16(7-5-15)22(20,21)18(2)3/h4-7,14,17H,8-13H2,1-3H3. The van der Waals surface area contributed by atoms with E-state index in [1.807, 2.05) is 19.2 Å². The highest BCUT2D eigenvalue weighted by Gasteiger charge is 2.19. The molecule has 1 saturated heterocycles. The predicted molar refractivity (Wildman–Crippen MR) is 89.2 cm³/mol. The number of piperidine rings is 1. The van der Waals surface area contributed by atoms with Crippen molar-refractivity contribution in [3.05, 3.63) is 29.8 Å². The van der Waals surface area contributed by atoms with Crippen LogP contribution in [0.2, 0.25) is 0 Å². The summed E-state index contributed by atoms with van der Waals surface area (Å²) in [4.78, 5) is 2.80. The molecule has 1 heterocycles. The van der Waals surface area contributed by atoms with Gasteiger partial charge in [0.25, 0.3) is 0 Å². The van der Waals surface area contributed by atoms with Crippen LogP contribution in [-0.2, 0) is 16.6 Å². The summed E-state index contributed by atoms with van der Waals surface area (Å²) >= 11 is 0. The maximum absolute atomic E-state index is 12.0. The van der Waals surface area contributed by atoms with Crippen LogP contribution in [0.3, 0.4) is 0 Å². The van der Waals surface area contributed by atoms with E-state index < -0.39 is 10.0 Å². The maximum atomic E-state index is 12.0. The van der Waals surface area contributed by atoms with Crippen LogP contribution in [0.15, 0.2) is 29.2 Å². The van der Waals surface area contributed by atoms with Gasteiger partial charge < -0.3 is 5.32 Å². The van der Waals surface area contributed by atoms with Crippen molar-refractivity contribution in [1.29, 1.82) is 0 Å². The largest absolute Gasteiger partial charge is 0.319 e. The third-order valence-electron chi connectivity index (χ3n) is 4.31. The van der Waals surface area contributed by atoms with Gasteiger partial charge in [0.1, 0.15) is 0 Å². The predicted octanol–water partition coefficient (Wildman–Crippen LogP) is 1.37. The number of nitrogens with one attached hydrogen (secondary N) is 1. The first kappa shape index (κ1) is 17.4. The van der Waals surface area contributed by atoms with Crippen molar-refractivity contribution in [2.24, 2.45) is 5.92 Å². The van der Waals surface area contributed by atoms with Crippen LogP contribution < -0.4 is 5.32 Å². The van der Waals surface area contributed by atoms with Crippen LogP contribution in [0.25, 0.3) is 0 Å². The molecular formula is C16H27N3O2S. The number of likely N-dealkylation sites (tertiary alicyclic amines) is 1. The molecule has 1 aromatic carbocycles. The Morgan fingerprint density at radius 3 is 2.27 bits per heavy atom. The summed E-state index contributed by atoms with van der Waals surface area (Å²) in [6, 6.07) is 7.27. The van der Waals surface area contributed by atoms with E-state index in [-0.39, 0.29) is 0 Å². The number of sulfonamides is 1. The second-order valence-corrected chi connectivity index (χ2v) is 8.36. The van der Waals surface area contributed by atoms with Crippen LogP contribution in [0.1, 0.15) is 18.4 Å². The van der Waals surface area contributed by atoms with E-state index in [4.69, 9.17) is 0 Å². The molecule has 0 atom stereocenters. The molecule has 22 heavy (non-hydrogen) atoms. The van der Waals surface area contributed by atoms with E-state index in [0.29, 0.717) is 4.90 Å². The Kier molecular flexibility index (Phi) is 5.97. The molecular weight excluding hydrogens is 298 g/mol. The molecule has 124 valence electrons. The quantitative estimate of drug-likeness (QED) is 0.858. The van der Waals surface area contributed by atoms with Crippen LogP contribution in [-0.4, -0.2) is 58.4 Å². The van der Waals surface area contributed by atoms with Gasteiger partial charge in [-0.1, -0.05) is 12.1 Å². The summed E-state index contributed by atoms with van der Waals surface area (Å²) in [5, 5.41) is 3.25. The van der Waals surface area contributed by atoms with Gasteiger partial charge in [0.15, 0.2) is 0 Å². The highest BCUT2D eigenvalue weighted by Crippen LogP contribution is 2.19. The molecule has 1 aliphatic rings. The van der Waals surface area contributed by atoms with Gasteiger partial charge in [-0.25, -0.2) is 12.7 Å². The number of hydrogen-bond donors (Lipinski definition) is 1. The molecule has 0 aromatic heterocycles. The fourth-order valence-electron chi connectivity index (χ4n) is 2.87. The smallest absolute Gasteiger partial charge is 0.242 e. The van der Waals surface area contributed by atoms with E-state index in [1.165, 1.54) is 22.7 Å². The molecule has 0 unspecified atom stereocenters. The first-order chi connectivity index (χ1) is 10.4. The Morgan fingerprint density at radius 1 is 1.18 bits per heavy atom. The van der Waals surface area contributed by atoms with E-state index >= 15 is 0 Å². The Balaban J connectivity index is 1.93. The second kappa shape index (κ2) is 7.55. The van der Waals surface area contributed by atoms with Crippen molar-refractivity contribution >= 4 is 10.0 Å². The zero-order valence-electron chi connectivity index (χ0n) is 13.7. The van der Waals surface area contributed by atoms with Crippen molar-refractivity contribution < 1.29 is 8.42 Å². The average Bonchev–Trinajstić information content (AvgIpc) is 2.50. The van der Waals surface area contributed by atoms with Crippen molar-refractivity contribution in [1.82, 2.24) is 14.5 Å². The van der Waals surface area contributed by atoms with Crippen LogP contribution in [0.5, 0.6) is 0 Å². The molecule has 0 bridgehead atoms. The van der Waals surface area contributed by atoms with Gasteiger partial charge in [-0.2, -0.15) is 0 Å².